The van der Waals surface area contributed by atoms with Gasteiger partial charge in [-0.1, -0.05) is 17.7 Å². The van der Waals surface area contributed by atoms with Gasteiger partial charge in [0.15, 0.2) is 5.60 Å². The number of hydrogen-bond acceptors (Lipinski definition) is 1. The van der Waals surface area contributed by atoms with Crippen molar-refractivity contribution in [2.75, 3.05) is 7.11 Å². The fraction of sp³-hybridized carbons (Fsp3) is 0.500. The summed E-state index contributed by atoms with van der Waals surface area (Å²) in [5, 5.41) is 0.302. The first-order chi connectivity index (χ1) is 7.90. The zero-order valence-electron chi connectivity index (χ0n) is 9.27. The summed E-state index contributed by atoms with van der Waals surface area (Å²) in [6.45, 7) is 0. The minimum atomic E-state index is -4.43. The Kier molecular flexibility index (Phi) is 3.12. The third-order valence-electron chi connectivity index (χ3n) is 3.29. The standard InChI is InChI=1S/C12H12ClF3O/c1-17-11(12(14,15)16)6-2-3-8-4-5-9(13)7-10(8)11/h4-5,7H,2-3,6H2,1H3. The second kappa shape index (κ2) is 4.18. The molecule has 1 unspecified atom stereocenters. The first-order valence-electron chi connectivity index (χ1n) is 5.31. The summed E-state index contributed by atoms with van der Waals surface area (Å²) in [7, 11) is 1.10. The van der Waals surface area contributed by atoms with Crippen LogP contribution in [0.5, 0.6) is 0 Å². The maximum atomic E-state index is 13.2. The predicted octanol–water partition coefficient (Wildman–Crippen LogP) is 4.08. The van der Waals surface area contributed by atoms with E-state index in [-0.39, 0.29) is 12.0 Å². The molecule has 1 aliphatic carbocycles. The van der Waals surface area contributed by atoms with E-state index in [0.29, 0.717) is 23.4 Å². The van der Waals surface area contributed by atoms with Crippen molar-refractivity contribution in [2.24, 2.45) is 0 Å². The summed E-state index contributed by atoms with van der Waals surface area (Å²) in [5.74, 6) is 0. The summed E-state index contributed by atoms with van der Waals surface area (Å²) < 4.78 is 44.6. The maximum Gasteiger partial charge on any atom is 0.421 e. The molecule has 0 aromatic heterocycles. The average Bonchev–Trinajstić information content (AvgIpc) is 2.26. The number of hydrogen-bond donors (Lipinski definition) is 0. The number of ether oxygens (including phenoxy) is 1. The van der Waals surface area contributed by atoms with E-state index in [9.17, 15) is 13.2 Å². The van der Waals surface area contributed by atoms with Gasteiger partial charge in [0.2, 0.25) is 0 Å². The molecule has 0 aliphatic heterocycles. The highest BCUT2D eigenvalue weighted by Gasteiger charge is 2.58. The van der Waals surface area contributed by atoms with Crippen LogP contribution < -0.4 is 0 Å². The lowest BCUT2D eigenvalue weighted by Crippen LogP contribution is -2.46. The Balaban J connectivity index is 2.62. The number of fused-ring (bicyclic) bond motifs is 1. The highest BCUT2D eigenvalue weighted by Crippen LogP contribution is 2.49. The van der Waals surface area contributed by atoms with Crippen molar-refractivity contribution in [3.63, 3.8) is 0 Å². The van der Waals surface area contributed by atoms with E-state index in [0.717, 1.165) is 7.11 Å². The van der Waals surface area contributed by atoms with Crippen molar-refractivity contribution in [2.45, 2.75) is 31.0 Å². The van der Waals surface area contributed by atoms with Crippen LogP contribution in [-0.4, -0.2) is 13.3 Å². The summed E-state index contributed by atoms with van der Waals surface area (Å²) in [6.07, 6.45) is -3.39. The molecule has 1 aromatic rings. The lowest BCUT2D eigenvalue weighted by Gasteiger charge is -2.39. The molecule has 1 aliphatic rings. The summed E-state index contributed by atoms with van der Waals surface area (Å²) >= 11 is 5.79. The van der Waals surface area contributed by atoms with Gasteiger partial charge in [0.25, 0.3) is 0 Å². The van der Waals surface area contributed by atoms with Crippen molar-refractivity contribution in [3.8, 4) is 0 Å². The Morgan fingerprint density at radius 3 is 2.65 bits per heavy atom. The molecule has 0 bridgehead atoms. The van der Waals surface area contributed by atoms with E-state index in [2.05, 4.69) is 0 Å². The van der Waals surface area contributed by atoms with E-state index in [1.807, 2.05) is 0 Å². The van der Waals surface area contributed by atoms with Crippen LogP contribution in [-0.2, 0) is 16.8 Å². The van der Waals surface area contributed by atoms with Gasteiger partial charge in [0.05, 0.1) is 0 Å². The molecule has 94 valence electrons. The van der Waals surface area contributed by atoms with E-state index >= 15 is 0 Å². The first-order valence-corrected chi connectivity index (χ1v) is 5.69. The molecule has 1 nitrogen and oxygen atoms in total. The van der Waals surface area contributed by atoms with Gasteiger partial charge in [-0.25, -0.2) is 0 Å². The third-order valence-corrected chi connectivity index (χ3v) is 3.52. The topological polar surface area (TPSA) is 9.23 Å². The SMILES string of the molecule is COC1(C(F)(F)F)CCCc2ccc(Cl)cc21. The minimum absolute atomic E-state index is 0.0552. The molecule has 0 spiro atoms. The molecular formula is C12H12ClF3O. The molecule has 17 heavy (non-hydrogen) atoms. The molecule has 0 radical (unpaired) electrons. The van der Waals surface area contributed by atoms with E-state index in [1.165, 1.54) is 6.07 Å². The van der Waals surface area contributed by atoms with E-state index in [4.69, 9.17) is 16.3 Å². The number of alkyl halides is 3. The lowest BCUT2D eigenvalue weighted by molar-refractivity contribution is -0.281. The highest BCUT2D eigenvalue weighted by molar-refractivity contribution is 6.30. The second-order valence-electron chi connectivity index (χ2n) is 4.18. The predicted molar refractivity (Wildman–Crippen MR) is 59.1 cm³/mol. The molecule has 2 rings (SSSR count). The smallest absolute Gasteiger partial charge is 0.364 e. The van der Waals surface area contributed by atoms with Crippen molar-refractivity contribution in [3.05, 3.63) is 34.3 Å². The molecule has 0 fully saturated rings. The molecule has 1 atom stereocenters. The van der Waals surface area contributed by atoms with Crippen LogP contribution in [0, 0.1) is 0 Å². The summed E-state index contributed by atoms with van der Waals surface area (Å²) in [6, 6.07) is 4.63. The third kappa shape index (κ3) is 1.93. The average molecular weight is 265 g/mol. The number of benzene rings is 1. The molecule has 0 amide bonds. The van der Waals surface area contributed by atoms with Crippen LogP contribution in [0.3, 0.4) is 0 Å². The van der Waals surface area contributed by atoms with E-state index < -0.39 is 11.8 Å². The molecule has 5 heteroatoms. The van der Waals surface area contributed by atoms with Crippen LogP contribution in [0.2, 0.25) is 5.02 Å². The zero-order chi connectivity index (χ0) is 12.7. The van der Waals surface area contributed by atoms with Crippen molar-refractivity contribution < 1.29 is 17.9 Å². The van der Waals surface area contributed by atoms with Crippen LogP contribution in [0.4, 0.5) is 13.2 Å². The van der Waals surface area contributed by atoms with Gasteiger partial charge in [-0.15, -0.1) is 0 Å². The van der Waals surface area contributed by atoms with Gasteiger partial charge in [0.1, 0.15) is 0 Å². The molecule has 0 heterocycles. The Hall–Kier alpha value is -0.740. The Morgan fingerprint density at radius 1 is 1.35 bits per heavy atom. The number of halogens is 4. The molecule has 0 saturated heterocycles. The van der Waals surface area contributed by atoms with Crippen molar-refractivity contribution >= 4 is 11.6 Å². The van der Waals surface area contributed by atoms with Gasteiger partial charge < -0.3 is 4.74 Å². The fourth-order valence-electron chi connectivity index (χ4n) is 2.43. The fourth-order valence-corrected chi connectivity index (χ4v) is 2.60. The molecule has 0 saturated carbocycles. The van der Waals surface area contributed by atoms with Gasteiger partial charge in [-0.3, -0.25) is 0 Å². The first kappa shape index (κ1) is 12.7. The zero-order valence-corrected chi connectivity index (χ0v) is 10.0. The highest BCUT2D eigenvalue weighted by atomic mass is 35.5. The van der Waals surface area contributed by atoms with Crippen LogP contribution in [0.25, 0.3) is 0 Å². The summed E-state index contributed by atoms with van der Waals surface area (Å²) in [5.41, 5.74) is -1.38. The second-order valence-corrected chi connectivity index (χ2v) is 4.62. The van der Waals surface area contributed by atoms with Gasteiger partial charge in [-0.05, 0) is 42.5 Å². The van der Waals surface area contributed by atoms with Gasteiger partial charge >= 0.3 is 6.18 Å². The number of methoxy groups -OCH3 is 1. The van der Waals surface area contributed by atoms with Crippen molar-refractivity contribution in [1.29, 1.82) is 0 Å². The Morgan fingerprint density at radius 2 is 2.06 bits per heavy atom. The number of aryl methyl sites for hydroxylation is 1. The lowest BCUT2D eigenvalue weighted by atomic mass is 9.78. The molecule has 0 N–H and O–H groups in total. The maximum absolute atomic E-state index is 13.2. The van der Waals surface area contributed by atoms with E-state index in [1.54, 1.807) is 12.1 Å². The largest absolute Gasteiger partial charge is 0.421 e. The molecular weight excluding hydrogens is 253 g/mol. The Bertz CT molecular complexity index is 430. The van der Waals surface area contributed by atoms with Gasteiger partial charge in [-0.2, -0.15) is 13.2 Å². The van der Waals surface area contributed by atoms with Crippen LogP contribution >= 0.6 is 11.6 Å². The van der Waals surface area contributed by atoms with Gasteiger partial charge in [0, 0.05) is 12.1 Å². The Labute approximate surface area is 103 Å². The number of rotatable bonds is 1. The van der Waals surface area contributed by atoms with Crippen LogP contribution in [0.1, 0.15) is 24.0 Å². The minimum Gasteiger partial charge on any atom is -0.364 e. The quantitative estimate of drug-likeness (QED) is 0.743. The summed E-state index contributed by atoms with van der Waals surface area (Å²) in [4.78, 5) is 0. The monoisotopic (exact) mass is 264 g/mol. The normalized spacial score (nSPS) is 24.5. The molecule has 1 aromatic carbocycles. The van der Waals surface area contributed by atoms with Crippen LogP contribution in [0.15, 0.2) is 18.2 Å². The van der Waals surface area contributed by atoms with Crippen molar-refractivity contribution in [1.82, 2.24) is 0 Å².